The number of rotatable bonds is 6. The van der Waals surface area contributed by atoms with Crippen LogP contribution in [-0.4, -0.2) is 50.0 Å². The summed E-state index contributed by atoms with van der Waals surface area (Å²) in [7, 11) is 0. The third kappa shape index (κ3) is 3.07. The molecule has 8 nitrogen and oxygen atoms in total. The molecule has 150 valence electrons. The van der Waals surface area contributed by atoms with E-state index in [1.807, 2.05) is 26.8 Å². The lowest BCUT2D eigenvalue weighted by Crippen LogP contribution is -2.76. The molecule has 2 aromatic heterocycles. The average molecular weight is 386 g/mol. The molecule has 2 aromatic rings. The normalized spacial score (nSPS) is 23.1. The van der Waals surface area contributed by atoms with Gasteiger partial charge in [0.25, 0.3) is 5.91 Å². The first kappa shape index (κ1) is 20.0. The number of pyridine rings is 1. The molecular weight excluding hydrogens is 360 g/mol. The van der Waals surface area contributed by atoms with Gasteiger partial charge in [0.05, 0.1) is 17.4 Å². The highest BCUT2D eigenvalue weighted by Crippen LogP contribution is 2.51. The van der Waals surface area contributed by atoms with Crippen LogP contribution >= 0.6 is 0 Å². The van der Waals surface area contributed by atoms with E-state index in [1.165, 1.54) is 6.20 Å². The highest BCUT2D eigenvalue weighted by molar-refractivity contribution is 5.98. The molecule has 0 saturated heterocycles. The Labute approximate surface area is 163 Å². The summed E-state index contributed by atoms with van der Waals surface area (Å²) in [4.78, 5) is 29.1. The zero-order valence-electron chi connectivity index (χ0n) is 16.8. The fraction of sp³-hybridized carbons (Fsp3) is 0.500. The Kier molecular flexibility index (Phi) is 5.01. The van der Waals surface area contributed by atoms with Crippen molar-refractivity contribution in [1.29, 1.82) is 0 Å². The van der Waals surface area contributed by atoms with Gasteiger partial charge in [-0.3, -0.25) is 4.79 Å². The van der Waals surface area contributed by atoms with Gasteiger partial charge in [-0.05, 0) is 39.0 Å². The first-order chi connectivity index (χ1) is 13.1. The number of carbonyl (C=O) groups is 2. The average Bonchev–Trinajstić information content (AvgIpc) is 2.98. The molecule has 0 spiro atoms. The predicted octanol–water partition coefficient (Wildman–Crippen LogP) is 2.27. The van der Waals surface area contributed by atoms with Crippen LogP contribution in [0.25, 0.3) is 5.82 Å². The van der Waals surface area contributed by atoms with E-state index in [0.717, 1.165) is 11.4 Å². The summed E-state index contributed by atoms with van der Waals surface area (Å²) in [6.45, 7) is 9.78. The standard InChI is InChI=1S/C20H26N4O4/c1-6-28-15-10-20(18(26)27,19(15,4)5)22-17(25)14-7-8-16(21-11-14)24-13(3)9-12(2)23-24/h7-9,11,15H,6,10H2,1-5H3,(H,22,25)(H,26,27). The van der Waals surface area contributed by atoms with E-state index in [2.05, 4.69) is 15.4 Å². The molecule has 0 radical (unpaired) electrons. The SMILES string of the molecule is CCOC1CC(NC(=O)c2ccc(-n3nc(C)cc3C)nc2)(C(=O)O)C1(C)C. The molecule has 1 aliphatic rings. The van der Waals surface area contributed by atoms with Crippen molar-refractivity contribution in [2.75, 3.05) is 6.61 Å². The molecule has 2 heterocycles. The number of nitrogens with zero attached hydrogens (tertiary/aromatic N) is 3. The van der Waals surface area contributed by atoms with Crippen molar-refractivity contribution >= 4 is 11.9 Å². The maximum atomic E-state index is 12.8. The van der Waals surface area contributed by atoms with Gasteiger partial charge < -0.3 is 15.2 Å². The number of carbonyl (C=O) groups excluding carboxylic acids is 1. The number of hydrogen-bond donors (Lipinski definition) is 2. The number of nitrogens with one attached hydrogen (secondary N) is 1. The Bertz CT molecular complexity index is 903. The molecule has 1 saturated carbocycles. The van der Waals surface area contributed by atoms with Crippen LogP contribution in [0.5, 0.6) is 0 Å². The quantitative estimate of drug-likeness (QED) is 0.789. The van der Waals surface area contributed by atoms with Gasteiger partial charge in [0, 0.05) is 30.3 Å². The highest BCUT2D eigenvalue weighted by Gasteiger charge is 2.66. The van der Waals surface area contributed by atoms with Crippen molar-refractivity contribution in [3.05, 3.63) is 41.3 Å². The summed E-state index contributed by atoms with van der Waals surface area (Å²) in [5, 5.41) is 16.9. The number of hydrogen-bond acceptors (Lipinski definition) is 5. The van der Waals surface area contributed by atoms with Crippen LogP contribution < -0.4 is 5.32 Å². The molecule has 0 aromatic carbocycles. The summed E-state index contributed by atoms with van der Waals surface area (Å²) in [6, 6.07) is 5.25. The number of aryl methyl sites for hydroxylation is 2. The third-order valence-electron chi connectivity index (χ3n) is 5.69. The van der Waals surface area contributed by atoms with E-state index >= 15 is 0 Å². The molecule has 28 heavy (non-hydrogen) atoms. The maximum Gasteiger partial charge on any atom is 0.330 e. The first-order valence-electron chi connectivity index (χ1n) is 9.29. The molecule has 3 rings (SSSR count). The minimum absolute atomic E-state index is 0.222. The Morgan fingerprint density at radius 1 is 1.36 bits per heavy atom. The molecule has 1 amide bonds. The smallest absolute Gasteiger partial charge is 0.330 e. The van der Waals surface area contributed by atoms with Crippen molar-refractivity contribution in [3.63, 3.8) is 0 Å². The fourth-order valence-corrected chi connectivity index (χ4v) is 3.81. The van der Waals surface area contributed by atoms with Crippen molar-refractivity contribution in [3.8, 4) is 5.82 Å². The molecule has 0 aliphatic heterocycles. The Morgan fingerprint density at radius 2 is 2.07 bits per heavy atom. The lowest BCUT2D eigenvalue weighted by molar-refractivity contribution is -0.190. The van der Waals surface area contributed by atoms with Crippen molar-refractivity contribution < 1.29 is 19.4 Å². The topological polar surface area (TPSA) is 106 Å². The second kappa shape index (κ2) is 7.01. The maximum absolute atomic E-state index is 12.8. The molecule has 2 N–H and O–H groups in total. The monoisotopic (exact) mass is 386 g/mol. The zero-order valence-corrected chi connectivity index (χ0v) is 16.8. The fourth-order valence-electron chi connectivity index (χ4n) is 3.81. The van der Waals surface area contributed by atoms with E-state index in [4.69, 9.17) is 4.74 Å². The van der Waals surface area contributed by atoms with Crippen LogP contribution in [0.3, 0.4) is 0 Å². The lowest BCUT2D eigenvalue weighted by atomic mass is 9.54. The van der Waals surface area contributed by atoms with E-state index in [0.29, 0.717) is 18.0 Å². The van der Waals surface area contributed by atoms with Gasteiger partial charge in [0.2, 0.25) is 0 Å². The summed E-state index contributed by atoms with van der Waals surface area (Å²) in [6.07, 6.45) is 1.44. The van der Waals surface area contributed by atoms with E-state index in [-0.39, 0.29) is 12.5 Å². The first-order valence-corrected chi connectivity index (χ1v) is 9.29. The van der Waals surface area contributed by atoms with Gasteiger partial charge in [-0.1, -0.05) is 13.8 Å². The largest absolute Gasteiger partial charge is 0.479 e. The summed E-state index contributed by atoms with van der Waals surface area (Å²) < 4.78 is 7.32. The second-order valence-electron chi connectivity index (χ2n) is 7.78. The molecule has 8 heteroatoms. The summed E-state index contributed by atoms with van der Waals surface area (Å²) >= 11 is 0. The van der Waals surface area contributed by atoms with Crippen LogP contribution in [0.2, 0.25) is 0 Å². The molecule has 1 fully saturated rings. The number of ether oxygens (including phenoxy) is 1. The Hall–Kier alpha value is -2.74. The number of aromatic nitrogens is 3. The van der Waals surface area contributed by atoms with Crippen molar-refractivity contribution in [2.24, 2.45) is 5.41 Å². The lowest BCUT2D eigenvalue weighted by Gasteiger charge is -2.58. The van der Waals surface area contributed by atoms with E-state index in [1.54, 1.807) is 30.7 Å². The van der Waals surface area contributed by atoms with Gasteiger partial charge in [-0.25, -0.2) is 14.5 Å². The molecule has 1 aliphatic carbocycles. The minimum atomic E-state index is -1.38. The van der Waals surface area contributed by atoms with Crippen molar-refractivity contribution in [1.82, 2.24) is 20.1 Å². The number of carboxylic acid groups (broad SMARTS) is 1. The van der Waals surface area contributed by atoms with Gasteiger partial charge in [0.15, 0.2) is 5.82 Å². The highest BCUT2D eigenvalue weighted by atomic mass is 16.5. The van der Waals surface area contributed by atoms with E-state index in [9.17, 15) is 14.7 Å². The van der Waals surface area contributed by atoms with Gasteiger partial charge in [-0.2, -0.15) is 5.10 Å². The number of carboxylic acids is 1. The summed E-state index contributed by atoms with van der Waals surface area (Å²) in [5.41, 5.74) is -0.00722. The van der Waals surface area contributed by atoms with E-state index < -0.39 is 22.8 Å². The molecule has 2 atom stereocenters. The molecular formula is C20H26N4O4. The van der Waals surface area contributed by atoms with Crippen LogP contribution in [0.4, 0.5) is 0 Å². The minimum Gasteiger partial charge on any atom is -0.479 e. The van der Waals surface area contributed by atoms with Gasteiger partial charge in [-0.15, -0.1) is 0 Å². The number of aliphatic carboxylic acids is 1. The Morgan fingerprint density at radius 3 is 2.54 bits per heavy atom. The van der Waals surface area contributed by atoms with Crippen LogP contribution in [-0.2, 0) is 9.53 Å². The van der Waals surface area contributed by atoms with Gasteiger partial charge >= 0.3 is 5.97 Å². The molecule has 2 unspecified atom stereocenters. The zero-order chi connectivity index (χ0) is 20.7. The van der Waals surface area contributed by atoms with Crippen LogP contribution in [0.15, 0.2) is 24.4 Å². The third-order valence-corrected chi connectivity index (χ3v) is 5.69. The van der Waals surface area contributed by atoms with Gasteiger partial charge in [0.1, 0.15) is 5.54 Å². The summed E-state index contributed by atoms with van der Waals surface area (Å²) in [5.74, 6) is -0.942. The van der Waals surface area contributed by atoms with Crippen LogP contribution in [0, 0.1) is 19.3 Å². The second-order valence-corrected chi connectivity index (χ2v) is 7.78. The van der Waals surface area contributed by atoms with Crippen LogP contribution in [0.1, 0.15) is 48.9 Å². The Balaban J connectivity index is 1.80. The van der Waals surface area contributed by atoms with Crippen molar-refractivity contribution in [2.45, 2.75) is 52.7 Å². The number of amides is 1. The molecule has 0 bridgehead atoms. The predicted molar refractivity (Wildman–Crippen MR) is 102 cm³/mol.